The van der Waals surface area contributed by atoms with Crippen LogP contribution in [-0.4, -0.2) is 10.7 Å². The average Bonchev–Trinajstić information content (AvgIpc) is 2.67. The maximum absolute atomic E-state index is 8.18. The van der Waals surface area contributed by atoms with Gasteiger partial charge in [-0.2, -0.15) is 0 Å². The molecule has 0 saturated carbocycles. The molecule has 0 bridgehead atoms. The van der Waals surface area contributed by atoms with E-state index in [0.717, 1.165) is 29.2 Å². The molecule has 1 aliphatic heterocycles. The zero-order valence-electron chi connectivity index (χ0n) is 9.86. The molecule has 1 aliphatic rings. The van der Waals surface area contributed by atoms with Crippen LogP contribution in [0.1, 0.15) is 16.7 Å². The van der Waals surface area contributed by atoms with Gasteiger partial charge in [-0.15, -0.1) is 0 Å². The molecule has 0 unspecified atom stereocenters. The van der Waals surface area contributed by atoms with Crippen LogP contribution in [0.2, 0.25) is 5.02 Å². The number of nitrogens with zero attached hydrogens (tertiary/aromatic N) is 1. The summed E-state index contributed by atoms with van der Waals surface area (Å²) in [6.45, 7) is 1.54. The van der Waals surface area contributed by atoms with E-state index in [0.29, 0.717) is 5.84 Å². The van der Waals surface area contributed by atoms with Gasteiger partial charge in [0.1, 0.15) is 5.84 Å². The molecular weight excluding hydrogens is 244 g/mol. The number of amidine groups is 1. The van der Waals surface area contributed by atoms with Gasteiger partial charge in [-0.05, 0) is 23.3 Å². The number of benzene rings is 2. The van der Waals surface area contributed by atoms with Crippen molar-refractivity contribution >= 4 is 17.4 Å². The molecule has 2 nitrogen and oxygen atoms in total. The normalized spacial score (nSPS) is 13.8. The fourth-order valence-corrected chi connectivity index (χ4v) is 2.55. The first-order valence-electron chi connectivity index (χ1n) is 5.90. The highest BCUT2D eigenvalue weighted by Gasteiger charge is 2.23. The van der Waals surface area contributed by atoms with Gasteiger partial charge in [-0.25, -0.2) is 0 Å². The third-order valence-electron chi connectivity index (χ3n) is 3.21. The van der Waals surface area contributed by atoms with Crippen LogP contribution in [0.4, 0.5) is 0 Å². The number of nitrogens with one attached hydrogen (secondary N) is 1. The van der Waals surface area contributed by atoms with Gasteiger partial charge >= 0.3 is 0 Å². The second-order valence-electron chi connectivity index (χ2n) is 4.49. The van der Waals surface area contributed by atoms with Crippen molar-refractivity contribution in [2.45, 2.75) is 13.1 Å². The van der Waals surface area contributed by atoms with E-state index in [1.807, 2.05) is 42.5 Å². The minimum Gasteiger partial charge on any atom is -0.348 e. The molecule has 0 aromatic heterocycles. The number of hydrogen-bond acceptors (Lipinski definition) is 1. The predicted molar refractivity (Wildman–Crippen MR) is 74.0 cm³/mol. The van der Waals surface area contributed by atoms with Crippen LogP contribution in [0.3, 0.4) is 0 Å². The van der Waals surface area contributed by atoms with Crippen LogP contribution in [0.5, 0.6) is 0 Å². The topological polar surface area (TPSA) is 27.1 Å². The van der Waals surface area contributed by atoms with Crippen molar-refractivity contribution in [1.82, 2.24) is 4.90 Å². The van der Waals surface area contributed by atoms with Crippen molar-refractivity contribution in [3.05, 3.63) is 70.2 Å². The third kappa shape index (κ3) is 2.00. The number of hydrogen-bond donors (Lipinski definition) is 1. The Labute approximate surface area is 111 Å². The van der Waals surface area contributed by atoms with Crippen molar-refractivity contribution in [1.29, 1.82) is 5.41 Å². The summed E-state index contributed by atoms with van der Waals surface area (Å²) in [6.07, 6.45) is 0. The summed E-state index contributed by atoms with van der Waals surface area (Å²) < 4.78 is 0. The first-order chi connectivity index (χ1) is 8.74. The van der Waals surface area contributed by atoms with Crippen LogP contribution in [0.15, 0.2) is 48.5 Å². The molecule has 90 valence electrons. The van der Waals surface area contributed by atoms with Crippen LogP contribution in [-0.2, 0) is 13.1 Å². The summed E-state index contributed by atoms with van der Waals surface area (Å²) in [7, 11) is 0. The minimum absolute atomic E-state index is 0.602. The molecule has 2 aromatic carbocycles. The van der Waals surface area contributed by atoms with E-state index in [1.54, 1.807) is 0 Å². The highest BCUT2D eigenvalue weighted by Crippen LogP contribution is 2.24. The summed E-state index contributed by atoms with van der Waals surface area (Å²) in [5.74, 6) is 0.602. The molecule has 1 heterocycles. The van der Waals surface area contributed by atoms with E-state index < -0.39 is 0 Å². The first-order valence-corrected chi connectivity index (χ1v) is 6.28. The molecular formula is C15H13ClN2. The van der Waals surface area contributed by atoms with E-state index in [2.05, 4.69) is 11.0 Å². The molecule has 2 aromatic rings. The van der Waals surface area contributed by atoms with E-state index >= 15 is 0 Å². The SMILES string of the molecule is N=C1c2ccccc2CN1Cc1cccc(Cl)c1. The largest absolute Gasteiger partial charge is 0.348 e. The average molecular weight is 257 g/mol. The lowest BCUT2D eigenvalue weighted by atomic mass is 10.1. The van der Waals surface area contributed by atoms with Gasteiger partial charge in [-0.1, -0.05) is 48.0 Å². The van der Waals surface area contributed by atoms with Gasteiger partial charge in [0.25, 0.3) is 0 Å². The highest BCUT2D eigenvalue weighted by molar-refractivity contribution is 6.30. The Balaban J connectivity index is 1.83. The monoisotopic (exact) mass is 256 g/mol. The Kier molecular flexibility index (Phi) is 2.80. The maximum atomic E-state index is 8.18. The number of halogens is 1. The van der Waals surface area contributed by atoms with Gasteiger partial charge in [0.05, 0.1) is 0 Å². The molecule has 0 amide bonds. The lowest BCUT2D eigenvalue weighted by molar-refractivity contribution is 0.422. The van der Waals surface area contributed by atoms with Gasteiger partial charge in [0, 0.05) is 23.7 Å². The van der Waals surface area contributed by atoms with E-state index in [-0.39, 0.29) is 0 Å². The summed E-state index contributed by atoms with van der Waals surface area (Å²) >= 11 is 5.98. The molecule has 0 aliphatic carbocycles. The summed E-state index contributed by atoms with van der Waals surface area (Å²) in [5.41, 5.74) is 3.41. The predicted octanol–water partition coefficient (Wildman–Crippen LogP) is 3.68. The third-order valence-corrected chi connectivity index (χ3v) is 3.45. The molecule has 1 N–H and O–H groups in total. The second-order valence-corrected chi connectivity index (χ2v) is 4.93. The molecule has 0 radical (unpaired) electrons. The quantitative estimate of drug-likeness (QED) is 0.872. The Bertz CT molecular complexity index is 607. The van der Waals surface area contributed by atoms with Crippen molar-refractivity contribution in [3.8, 4) is 0 Å². The fraction of sp³-hybridized carbons (Fsp3) is 0.133. The Morgan fingerprint density at radius 1 is 1.11 bits per heavy atom. The van der Waals surface area contributed by atoms with Crippen LogP contribution >= 0.6 is 11.6 Å². The molecule has 18 heavy (non-hydrogen) atoms. The van der Waals surface area contributed by atoms with Crippen molar-refractivity contribution in [2.24, 2.45) is 0 Å². The van der Waals surface area contributed by atoms with Gasteiger partial charge in [0.15, 0.2) is 0 Å². The van der Waals surface area contributed by atoms with Crippen molar-refractivity contribution < 1.29 is 0 Å². The first kappa shape index (κ1) is 11.3. The molecule has 3 rings (SSSR count). The van der Waals surface area contributed by atoms with E-state index in [1.165, 1.54) is 5.56 Å². The summed E-state index contributed by atoms with van der Waals surface area (Å²) in [4.78, 5) is 2.07. The zero-order valence-corrected chi connectivity index (χ0v) is 10.6. The zero-order chi connectivity index (χ0) is 12.5. The lowest BCUT2D eigenvalue weighted by Gasteiger charge is -2.18. The molecule has 0 spiro atoms. The number of rotatable bonds is 2. The van der Waals surface area contributed by atoms with Crippen LogP contribution in [0.25, 0.3) is 0 Å². The Hall–Kier alpha value is -1.80. The highest BCUT2D eigenvalue weighted by atomic mass is 35.5. The van der Waals surface area contributed by atoms with E-state index in [4.69, 9.17) is 17.0 Å². The smallest absolute Gasteiger partial charge is 0.129 e. The number of fused-ring (bicyclic) bond motifs is 1. The summed E-state index contributed by atoms with van der Waals surface area (Å²) in [5, 5.41) is 8.93. The van der Waals surface area contributed by atoms with Gasteiger partial charge < -0.3 is 4.90 Å². The van der Waals surface area contributed by atoms with E-state index in [9.17, 15) is 0 Å². The van der Waals surface area contributed by atoms with Gasteiger partial charge in [-0.3, -0.25) is 5.41 Å². The van der Waals surface area contributed by atoms with Crippen molar-refractivity contribution in [3.63, 3.8) is 0 Å². The maximum Gasteiger partial charge on any atom is 0.129 e. The van der Waals surface area contributed by atoms with Crippen LogP contribution in [0, 0.1) is 5.41 Å². The fourth-order valence-electron chi connectivity index (χ4n) is 2.33. The Morgan fingerprint density at radius 3 is 2.72 bits per heavy atom. The minimum atomic E-state index is 0.602. The molecule has 3 heteroatoms. The lowest BCUT2D eigenvalue weighted by Crippen LogP contribution is -2.23. The molecule has 0 saturated heterocycles. The molecule has 0 fully saturated rings. The second kappa shape index (κ2) is 4.46. The van der Waals surface area contributed by atoms with Crippen molar-refractivity contribution in [2.75, 3.05) is 0 Å². The molecule has 0 atom stereocenters. The summed E-state index contributed by atoms with van der Waals surface area (Å²) in [6, 6.07) is 15.9. The Morgan fingerprint density at radius 2 is 1.94 bits per heavy atom. The standard InChI is InChI=1S/C15H13ClN2/c16-13-6-3-4-11(8-13)9-18-10-12-5-1-2-7-14(12)15(18)17/h1-8,17H,9-10H2. The van der Waals surface area contributed by atoms with Gasteiger partial charge in [0.2, 0.25) is 0 Å². The van der Waals surface area contributed by atoms with Crippen LogP contribution < -0.4 is 0 Å².